The van der Waals surface area contributed by atoms with Crippen molar-refractivity contribution in [2.24, 2.45) is 5.14 Å². The van der Waals surface area contributed by atoms with Crippen molar-refractivity contribution in [1.82, 2.24) is 4.90 Å². The van der Waals surface area contributed by atoms with Crippen LogP contribution in [0.4, 0.5) is 4.39 Å². The van der Waals surface area contributed by atoms with Gasteiger partial charge >= 0.3 is 0 Å². The number of carbonyl (C=O) groups excluding carboxylic acids is 1. The third-order valence-electron chi connectivity index (χ3n) is 2.72. The van der Waals surface area contributed by atoms with Crippen molar-refractivity contribution in [3.63, 3.8) is 0 Å². The van der Waals surface area contributed by atoms with Crippen LogP contribution in [0.5, 0.6) is 0 Å². The van der Waals surface area contributed by atoms with E-state index in [9.17, 15) is 17.6 Å². The summed E-state index contributed by atoms with van der Waals surface area (Å²) in [6.45, 7) is 4.47. The molecule has 2 N–H and O–H groups in total. The predicted octanol–water partition coefficient (Wildman–Crippen LogP) is 2.00. The number of primary sulfonamides is 1. The zero-order valence-electron chi connectivity index (χ0n) is 11.2. The van der Waals surface area contributed by atoms with E-state index in [0.29, 0.717) is 19.5 Å². The van der Waals surface area contributed by atoms with Crippen LogP contribution in [-0.4, -0.2) is 32.3 Å². The average Bonchev–Trinajstić information content (AvgIpc) is 2.33. The molecule has 8 heteroatoms. The number of nitrogens with zero attached hydrogens (tertiary/aromatic N) is 1. The van der Waals surface area contributed by atoms with Crippen molar-refractivity contribution in [1.29, 1.82) is 0 Å². The molecule has 0 spiro atoms. The Labute approximate surface area is 122 Å². The predicted molar refractivity (Wildman–Crippen MR) is 74.7 cm³/mol. The highest BCUT2D eigenvalue weighted by molar-refractivity contribution is 7.89. The number of sulfonamides is 1. The fraction of sp³-hybridized carbons (Fsp3) is 0.417. The Morgan fingerprint density at radius 3 is 2.45 bits per heavy atom. The topological polar surface area (TPSA) is 80.5 Å². The lowest BCUT2D eigenvalue weighted by Gasteiger charge is -2.20. The van der Waals surface area contributed by atoms with Gasteiger partial charge in [0, 0.05) is 13.1 Å². The van der Waals surface area contributed by atoms with Gasteiger partial charge in [0.1, 0.15) is 10.7 Å². The van der Waals surface area contributed by atoms with Crippen LogP contribution in [0.1, 0.15) is 30.6 Å². The first-order valence-electron chi connectivity index (χ1n) is 6.03. The van der Waals surface area contributed by atoms with Crippen LogP contribution in [0, 0.1) is 5.82 Å². The first kappa shape index (κ1) is 16.9. The molecule has 5 nitrogen and oxygen atoms in total. The van der Waals surface area contributed by atoms with E-state index in [2.05, 4.69) is 0 Å². The Hall–Kier alpha value is -1.18. The highest BCUT2D eigenvalue weighted by Crippen LogP contribution is 2.25. The largest absolute Gasteiger partial charge is 0.339 e. The Kier molecular flexibility index (Phi) is 5.50. The van der Waals surface area contributed by atoms with Gasteiger partial charge in [-0.05, 0) is 25.5 Å². The van der Waals surface area contributed by atoms with Gasteiger partial charge in [-0.3, -0.25) is 4.79 Å². The number of benzene rings is 1. The number of hydrogen-bond donors (Lipinski definition) is 1. The number of hydrogen-bond acceptors (Lipinski definition) is 3. The molecule has 0 bridgehead atoms. The van der Waals surface area contributed by atoms with Gasteiger partial charge in [-0.1, -0.05) is 18.5 Å². The summed E-state index contributed by atoms with van der Waals surface area (Å²) < 4.78 is 36.5. The van der Waals surface area contributed by atoms with E-state index in [1.165, 1.54) is 4.90 Å². The molecule has 1 aromatic rings. The van der Waals surface area contributed by atoms with E-state index in [4.69, 9.17) is 16.7 Å². The fourth-order valence-electron chi connectivity index (χ4n) is 1.75. The molecule has 0 fully saturated rings. The Morgan fingerprint density at radius 2 is 2.00 bits per heavy atom. The summed E-state index contributed by atoms with van der Waals surface area (Å²) in [5.41, 5.74) is -0.353. The van der Waals surface area contributed by atoms with Gasteiger partial charge in [-0.15, -0.1) is 0 Å². The summed E-state index contributed by atoms with van der Waals surface area (Å²) >= 11 is 5.64. The highest BCUT2D eigenvalue weighted by atomic mass is 35.5. The van der Waals surface area contributed by atoms with E-state index >= 15 is 0 Å². The molecule has 1 amide bonds. The zero-order valence-corrected chi connectivity index (χ0v) is 12.8. The maximum atomic E-state index is 13.8. The number of rotatable bonds is 5. The number of nitrogens with two attached hydrogens (primary N) is 1. The van der Waals surface area contributed by atoms with Crippen LogP contribution in [-0.2, 0) is 10.0 Å². The van der Waals surface area contributed by atoms with Gasteiger partial charge in [-0.25, -0.2) is 17.9 Å². The van der Waals surface area contributed by atoms with Gasteiger partial charge in [0.15, 0.2) is 0 Å². The summed E-state index contributed by atoms with van der Waals surface area (Å²) in [5.74, 6) is -1.46. The number of amides is 1. The molecule has 112 valence electrons. The normalized spacial score (nSPS) is 11.4. The van der Waals surface area contributed by atoms with Crippen molar-refractivity contribution in [3.05, 3.63) is 28.5 Å². The molecule has 0 unspecified atom stereocenters. The second kappa shape index (κ2) is 6.51. The standard InChI is InChI=1S/C12H16ClFN2O3S/c1-3-5-16(4-2)12(17)8-6-11(20(15,18)19)9(13)7-10(8)14/h6-7H,3-5H2,1-2H3,(H2,15,18,19). The van der Waals surface area contributed by atoms with Crippen molar-refractivity contribution >= 4 is 27.5 Å². The molecular weight excluding hydrogens is 307 g/mol. The minimum atomic E-state index is -4.12. The molecule has 0 aliphatic rings. The fourth-order valence-corrected chi connectivity index (χ4v) is 2.84. The molecule has 1 aromatic carbocycles. The molecule has 0 radical (unpaired) electrons. The number of carbonyl (C=O) groups is 1. The minimum Gasteiger partial charge on any atom is -0.339 e. The first-order chi connectivity index (χ1) is 9.22. The second-order valence-electron chi connectivity index (χ2n) is 4.19. The van der Waals surface area contributed by atoms with Crippen LogP contribution in [0.2, 0.25) is 5.02 Å². The third-order valence-corrected chi connectivity index (χ3v) is 4.10. The molecule has 0 atom stereocenters. The van der Waals surface area contributed by atoms with E-state index < -0.39 is 26.6 Å². The number of halogens is 2. The Morgan fingerprint density at radius 1 is 1.40 bits per heavy atom. The molecule has 0 aliphatic carbocycles. The zero-order chi connectivity index (χ0) is 15.5. The Bertz CT molecular complexity index is 619. The second-order valence-corrected chi connectivity index (χ2v) is 6.13. The van der Waals surface area contributed by atoms with Gasteiger partial charge in [0.05, 0.1) is 10.6 Å². The summed E-state index contributed by atoms with van der Waals surface area (Å²) in [7, 11) is -4.12. The third kappa shape index (κ3) is 3.68. The Balaban J connectivity index is 3.35. The lowest BCUT2D eigenvalue weighted by molar-refractivity contribution is 0.0759. The van der Waals surface area contributed by atoms with E-state index in [1.54, 1.807) is 6.92 Å². The first-order valence-corrected chi connectivity index (χ1v) is 7.95. The van der Waals surface area contributed by atoms with Crippen LogP contribution in [0.3, 0.4) is 0 Å². The molecule has 0 saturated heterocycles. The molecule has 0 heterocycles. The van der Waals surface area contributed by atoms with Crippen molar-refractivity contribution in [2.45, 2.75) is 25.2 Å². The SMILES string of the molecule is CCCN(CC)C(=O)c1cc(S(N)(=O)=O)c(Cl)cc1F. The quantitative estimate of drug-likeness (QED) is 0.900. The van der Waals surface area contributed by atoms with Crippen molar-refractivity contribution < 1.29 is 17.6 Å². The monoisotopic (exact) mass is 322 g/mol. The molecular formula is C12H16ClFN2O3S. The summed E-state index contributed by atoms with van der Waals surface area (Å²) in [6.07, 6.45) is 0.705. The molecule has 0 aliphatic heterocycles. The molecule has 20 heavy (non-hydrogen) atoms. The van der Waals surface area contributed by atoms with Crippen molar-refractivity contribution in [3.8, 4) is 0 Å². The maximum absolute atomic E-state index is 13.8. The van der Waals surface area contributed by atoms with Crippen LogP contribution < -0.4 is 5.14 Å². The lowest BCUT2D eigenvalue weighted by atomic mass is 10.1. The van der Waals surface area contributed by atoms with Crippen LogP contribution >= 0.6 is 11.6 Å². The van der Waals surface area contributed by atoms with Gasteiger partial charge in [-0.2, -0.15) is 0 Å². The van der Waals surface area contributed by atoms with Crippen LogP contribution in [0.25, 0.3) is 0 Å². The van der Waals surface area contributed by atoms with Gasteiger partial charge in [0.25, 0.3) is 5.91 Å². The van der Waals surface area contributed by atoms with E-state index in [-0.39, 0.29) is 10.6 Å². The lowest BCUT2D eigenvalue weighted by Crippen LogP contribution is -2.32. The molecule has 1 rings (SSSR count). The smallest absolute Gasteiger partial charge is 0.256 e. The summed E-state index contributed by atoms with van der Waals surface area (Å²) in [4.78, 5) is 13.1. The summed E-state index contributed by atoms with van der Waals surface area (Å²) in [5, 5.41) is 4.64. The maximum Gasteiger partial charge on any atom is 0.256 e. The molecule has 0 saturated carbocycles. The van der Waals surface area contributed by atoms with E-state index in [0.717, 1.165) is 12.1 Å². The highest BCUT2D eigenvalue weighted by Gasteiger charge is 2.23. The van der Waals surface area contributed by atoms with Gasteiger partial charge < -0.3 is 4.90 Å². The van der Waals surface area contributed by atoms with Crippen LogP contribution in [0.15, 0.2) is 17.0 Å². The van der Waals surface area contributed by atoms with E-state index in [1.807, 2.05) is 6.92 Å². The minimum absolute atomic E-state index is 0.347. The molecule has 0 aromatic heterocycles. The van der Waals surface area contributed by atoms with Crippen molar-refractivity contribution in [2.75, 3.05) is 13.1 Å². The van der Waals surface area contributed by atoms with Gasteiger partial charge in [0.2, 0.25) is 10.0 Å². The summed E-state index contributed by atoms with van der Waals surface area (Å²) in [6, 6.07) is 1.67. The average molecular weight is 323 g/mol.